The van der Waals surface area contributed by atoms with Crippen molar-refractivity contribution < 1.29 is 4.74 Å². The topological polar surface area (TPSA) is 73.1 Å². The van der Waals surface area contributed by atoms with E-state index in [1.807, 2.05) is 20.8 Å². The highest BCUT2D eigenvalue weighted by atomic mass is 16.5. The molecule has 0 saturated heterocycles. The van der Waals surface area contributed by atoms with E-state index in [9.17, 15) is 0 Å². The highest BCUT2D eigenvalue weighted by molar-refractivity contribution is 5.44. The Kier molecular flexibility index (Phi) is 4.60. The molecule has 0 aromatic carbocycles. The molecule has 0 spiro atoms. The number of hydrogen-bond acceptors (Lipinski definition) is 5. The normalized spacial score (nSPS) is 26.6. The predicted molar refractivity (Wildman–Crippen MR) is 80.3 cm³/mol. The first-order valence-corrected chi connectivity index (χ1v) is 7.48. The molecule has 1 aromatic rings. The van der Waals surface area contributed by atoms with Gasteiger partial charge in [-0.05, 0) is 46.0 Å². The molecule has 1 aliphatic rings. The summed E-state index contributed by atoms with van der Waals surface area (Å²) < 4.78 is 6.13. The maximum absolute atomic E-state index is 6.13. The Morgan fingerprint density at radius 2 is 2.15 bits per heavy atom. The van der Waals surface area contributed by atoms with Gasteiger partial charge in [0, 0.05) is 17.9 Å². The van der Waals surface area contributed by atoms with E-state index in [0.29, 0.717) is 18.3 Å². The quantitative estimate of drug-likeness (QED) is 0.654. The Bertz CT molecular complexity index is 473. The summed E-state index contributed by atoms with van der Waals surface area (Å²) in [6.45, 7) is 8.95. The summed E-state index contributed by atoms with van der Waals surface area (Å²) in [5.74, 6) is 7.69. The number of nitrogens with zero attached hydrogens (tertiary/aromatic N) is 2. The molecule has 1 aromatic heterocycles. The Morgan fingerprint density at radius 3 is 2.75 bits per heavy atom. The van der Waals surface area contributed by atoms with Crippen molar-refractivity contribution in [2.75, 3.05) is 12.0 Å². The summed E-state index contributed by atoms with van der Waals surface area (Å²) in [6.07, 6.45) is 4.37. The molecule has 0 bridgehead atoms. The van der Waals surface area contributed by atoms with Crippen LogP contribution in [0.5, 0.6) is 0 Å². The van der Waals surface area contributed by atoms with E-state index >= 15 is 0 Å². The number of aryl methyl sites for hydroxylation is 1. The Balaban J connectivity index is 2.46. The fraction of sp³-hybridized carbons (Fsp3) is 0.733. The summed E-state index contributed by atoms with van der Waals surface area (Å²) >= 11 is 0. The molecule has 1 fully saturated rings. The summed E-state index contributed by atoms with van der Waals surface area (Å²) in [5.41, 5.74) is 4.28. The monoisotopic (exact) mass is 278 g/mol. The highest BCUT2D eigenvalue weighted by Gasteiger charge is 2.40. The molecule has 1 aliphatic carbocycles. The minimum atomic E-state index is -0.351. The number of aromatic nitrogens is 2. The van der Waals surface area contributed by atoms with Crippen LogP contribution in [0.3, 0.4) is 0 Å². The standard InChI is InChI=1S/C15H26N4O/c1-5-20-15(8-6-7-10(2)9-15)14-17-12(4)11(3)13(18-14)19-16/h10H,5-9,16H2,1-4H3,(H,17,18,19). The van der Waals surface area contributed by atoms with Crippen molar-refractivity contribution in [1.82, 2.24) is 9.97 Å². The van der Waals surface area contributed by atoms with Crippen LogP contribution in [0.15, 0.2) is 0 Å². The minimum Gasteiger partial charge on any atom is -0.367 e. The molecule has 5 nitrogen and oxygen atoms in total. The van der Waals surface area contributed by atoms with Gasteiger partial charge in [-0.25, -0.2) is 15.8 Å². The molecule has 2 unspecified atom stereocenters. The van der Waals surface area contributed by atoms with Gasteiger partial charge in [0.1, 0.15) is 11.4 Å². The molecule has 20 heavy (non-hydrogen) atoms. The SMILES string of the molecule is CCOC1(c2nc(C)c(C)c(NN)n2)CCCC(C)C1. The zero-order chi connectivity index (χ0) is 14.8. The number of ether oxygens (including phenoxy) is 1. The van der Waals surface area contributed by atoms with Crippen LogP contribution in [0.1, 0.15) is 56.6 Å². The summed E-state index contributed by atoms with van der Waals surface area (Å²) in [5, 5.41) is 0. The Hall–Kier alpha value is -1.20. The van der Waals surface area contributed by atoms with E-state index in [0.717, 1.165) is 36.3 Å². The molecule has 0 radical (unpaired) electrons. The van der Waals surface area contributed by atoms with Gasteiger partial charge >= 0.3 is 0 Å². The lowest BCUT2D eigenvalue weighted by molar-refractivity contribution is -0.0881. The van der Waals surface area contributed by atoms with Gasteiger partial charge in [-0.15, -0.1) is 0 Å². The second-order valence-electron chi connectivity index (χ2n) is 5.88. The number of hydrogen-bond donors (Lipinski definition) is 2. The van der Waals surface area contributed by atoms with Crippen molar-refractivity contribution in [1.29, 1.82) is 0 Å². The molecular formula is C15H26N4O. The molecule has 0 amide bonds. The van der Waals surface area contributed by atoms with E-state index in [1.54, 1.807) is 0 Å². The van der Waals surface area contributed by atoms with Crippen molar-refractivity contribution >= 4 is 5.82 Å². The van der Waals surface area contributed by atoms with Crippen LogP contribution in [0.25, 0.3) is 0 Å². The number of anilines is 1. The predicted octanol–water partition coefficient (Wildman–Crippen LogP) is 2.82. The zero-order valence-corrected chi connectivity index (χ0v) is 13.0. The molecule has 5 heteroatoms. The van der Waals surface area contributed by atoms with Gasteiger partial charge in [0.25, 0.3) is 0 Å². The van der Waals surface area contributed by atoms with Crippen molar-refractivity contribution in [3.05, 3.63) is 17.1 Å². The summed E-state index contributed by atoms with van der Waals surface area (Å²) in [7, 11) is 0. The molecule has 1 saturated carbocycles. The lowest BCUT2D eigenvalue weighted by atomic mass is 9.78. The van der Waals surface area contributed by atoms with Crippen LogP contribution in [0.4, 0.5) is 5.82 Å². The second kappa shape index (κ2) is 6.06. The first kappa shape index (κ1) is 15.2. The van der Waals surface area contributed by atoms with Crippen molar-refractivity contribution in [2.24, 2.45) is 11.8 Å². The van der Waals surface area contributed by atoms with Crippen LogP contribution >= 0.6 is 0 Å². The van der Waals surface area contributed by atoms with E-state index < -0.39 is 0 Å². The molecular weight excluding hydrogens is 252 g/mol. The minimum absolute atomic E-state index is 0.351. The average Bonchev–Trinajstić information content (AvgIpc) is 2.42. The maximum Gasteiger partial charge on any atom is 0.162 e. The zero-order valence-electron chi connectivity index (χ0n) is 13.0. The van der Waals surface area contributed by atoms with Crippen LogP contribution in [-0.2, 0) is 10.3 Å². The molecule has 2 atom stereocenters. The number of rotatable bonds is 4. The maximum atomic E-state index is 6.13. The lowest BCUT2D eigenvalue weighted by Gasteiger charge is -2.38. The van der Waals surface area contributed by atoms with Crippen molar-refractivity contribution in [3.8, 4) is 0 Å². The largest absolute Gasteiger partial charge is 0.367 e. The number of nitrogens with one attached hydrogen (secondary N) is 1. The number of nitrogen functional groups attached to an aromatic ring is 1. The van der Waals surface area contributed by atoms with Gasteiger partial charge < -0.3 is 10.2 Å². The van der Waals surface area contributed by atoms with E-state index in [1.165, 1.54) is 6.42 Å². The number of nitrogens with two attached hydrogens (primary N) is 1. The smallest absolute Gasteiger partial charge is 0.162 e. The van der Waals surface area contributed by atoms with E-state index in [-0.39, 0.29) is 5.60 Å². The van der Waals surface area contributed by atoms with Gasteiger partial charge in [-0.2, -0.15) is 0 Å². The van der Waals surface area contributed by atoms with Crippen molar-refractivity contribution in [2.45, 2.75) is 59.0 Å². The highest BCUT2D eigenvalue weighted by Crippen LogP contribution is 2.42. The van der Waals surface area contributed by atoms with Crippen LogP contribution < -0.4 is 11.3 Å². The molecule has 112 valence electrons. The van der Waals surface area contributed by atoms with Gasteiger partial charge in [0.2, 0.25) is 0 Å². The third-order valence-electron chi connectivity index (χ3n) is 4.31. The first-order chi connectivity index (χ1) is 9.52. The van der Waals surface area contributed by atoms with Gasteiger partial charge in [0.05, 0.1) is 0 Å². The third-order valence-corrected chi connectivity index (χ3v) is 4.31. The first-order valence-electron chi connectivity index (χ1n) is 7.48. The lowest BCUT2D eigenvalue weighted by Crippen LogP contribution is -2.37. The van der Waals surface area contributed by atoms with Gasteiger partial charge in [-0.3, -0.25) is 0 Å². The Morgan fingerprint density at radius 1 is 1.40 bits per heavy atom. The van der Waals surface area contributed by atoms with Gasteiger partial charge in [-0.1, -0.05) is 13.3 Å². The van der Waals surface area contributed by atoms with Crippen LogP contribution in [0, 0.1) is 19.8 Å². The van der Waals surface area contributed by atoms with Crippen molar-refractivity contribution in [3.63, 3.8) is 0 Å². The van der Waals surface area contributed by atoms with E-state index in [2.05, 4.69) is 17.3 Å². The average molecular weight is 278 g/mol. The fourth-order valence-corrected chi connectivity index (χ4v) is 3.15. The molecule has 1 heterocycles. The molecule has 2 rings (SSSR count). The number of hydrazine groups is 1. The molecule has 3 N–H and O–H groups in total. The van der Waals surface area contributed by atoms with Gasteiger partial charge in [0.15, 0.2) is 5.82 Å². The Labute approximate surface area is 121 Å². The summed E-state index contributed by atoms with van der Waals surface area (Å²) in [4.78, 5) is 9.33. The molecule has 0 aliphatic heterocycles. The van der Waals surface area contributed by atoms with E-state index in [4.69, 9.17) is 15.6 Å². The second-order valence-corrected chi connectivity index (χ2v) is 5.88. The third kappa shape index (κ3) is 2.79. The van der Waals surface area contributed by atoms with Crippen LogP contribution in [0.2, 0.25) is 0 Å². The summed E-state index contributed by atoms with van der Waals surface area (Å²) in [6, 6.07) is 0. The fourth-order valence-electron chi connectivity index (χ4n) is 3.15. The van der Waals surface area contributed by atoms with Crippen LogP contribution in [-0.4, -0.2) is 16.6 Å².